The minimum Gasteiger partial charge on any atom is -0.489 e. The van der Waals surface area contributed by atoms with E-state index in [1.54, 1.807) is 17.9 Å². The highest BCUT2D eigenvalue weighted by atomic mass is 32.1. The number of aryl methyl sites for hydroxylation is 1. The first kappa shape index (κ1) is 21.6. The average Bonchev–Trinajstić information content (AvgIpc) is 3.21. The lowest BCUT2D eigenvalue weighted by atomic mass is 9.94. The fraction of sp³-hybridized carbons (Fsp3) is 0.208. The van der Waals surface area contributed by atoms with Gasteiger partial charge in [-0.2, -0.15) is 0 Å². The van der Waals surface area contributed by atoms with E-state index in [1.165, 1.54) is 0 Å². The van der Waals surface area contributed by atoms with Crippen LogP contribution < -0.4 is 15.4 Å². The lowest BCUT2D eigenvalue weighted by Crippen LogP contribution is -2.46. The number of carbonyl (C=O) groups is 1. The molecule has 1 atom stereocenters. The Morgan fingerprint density at radius 2 is 1.97 bits per heavy atom. The number of rotatable bonds is 6. The summed E-state index contributed by atoms with van der Waals surface area (Å²) in [4.78, 5) is 15.0. The molecule has 1 aliphatic rings. The van der Waals surface area contributed by atoms with E-state index in [2.05, 4.69) is 15.8 Å². The molecule has 2 aromatic carbocycles. The molecule has 1 unspecified atom stereocenters. The number of hydrogen-bond acceptors (Lipinski definition) is 5. The monoisotopic (exact) mass is 448 g/mol. The van der Waals surface area contributed by atoms with Crippen LogP contribution in [-0.2, 0) is 11.4 Å². The first-order valence-electron chi connectivity index (χ1n) is 10.2. The summed E-state index contributed by atoms with van der Waals surface area (Å²) in [6.07, 6.45) is 0. The molecule has 1 amide bonds. The number of nitrogens with zero attached hydrogens (tertiary/aromatic N) is 2. The molecule has 7 nitrogen and oxygen atoms in total. The number of nitrogens with one attached hydrogen (secondary N) is 2. The van der Waals surface area contributed by atoms with Crippen molar-refractivity contribution in [1.82, 2.24) is 15.4 Å². The van der Waals surface area contributed by atoms with Gasteiger partial charge in [-0.3, -0.25) is 4.79 Å². The number of allylic oxidation sites excluding steroid dienone is 1. The van der Waals surface area contributed by atoms with E-state index in [1.807, 2.05) is 68.6 Å². The summed E-state index contributed by atoms with van der Waals surface area (Å²) in [7, 11) is 1.83. The highest BCUT2D eigenvalue weighted by molar-refractivity contribution is 7.80. The summed E-state index contributed by atoms with van der Waals surface area (Å²) in [5.41, 5.74) is 3.25. The number of carbonyl (C=O) groups excluding carboxylic acids is 1. The van der Waals surface area contributed by atoms with E-state index in [0.29, 0.717) is 34.6 Å². The van der Waals surface area contributed by atoms with Crippen LogP contribution in [0, 0.1) is 6.92 Å². The molecule has 0 bridgehead atoms. The van der Waals surface area contributed by atoms with Gasteiger partial charge in [0.15, 0.2) is 10.9 Å². The van der Waals surface area contributed by atoms with Crippen molar-refractivity contribution >= 4 is 29.1 Å². The Balaban J connectivity index is 1.61. The topological polar surface area (TPSA) is 79.6 Å². The van der Waals surface area contributed by atoms with Gasteiger partial charge in [-0.1, -0.05) is 47.6 Å². The van der Waals surface area contributed by atoms with E-state index in [9.17, 15) is 4.79 Å². The Kier molecular flexibility index (Phi) is 6.23. The van der Waals surface area contributed by atoms with Gasteiger partial charge in [0, 0.05) is 18.8 Å². The molecule has 0 fully saturated rings. The minimum atomic E-state index is -0.438. The standard InChI is InChI=1S/C24H24N4O3S/c1-15-12-20(27-31-15)25-23(29)21-16(2)28(3)24(32)26-22(21)18-10-7-11-19(13-18)30-14-17-8-5-4-6-9-17/h4-13,22H,14H2,1-3H3,(H,26,32)(H,25,27,29). The molecule has 0 aliphatic carbocycles. The van der Waals surface area contributed by atoms with Gasteiger partial charge >= 0.3 is 0 Å². The number of aromatic nitrogens is 1. The Morgan fingerprint density at radius 1 is 1.19 bits per heavy atom. The van der Waals surface area contributed by atoms with Crippen LogP contribution in [0.25, 0.3) is 0 Å². The van der Waals surface area contributed by atoms with Crippen molar-refractivity contribution in [3.63, 3.8) is 0 Å². The Hall–Kier alpha value is -3.65. The quantitative estimate of drug-likeness (QED) is 0.543. The molecule has 0 saturated carbocycles. The van der Waals surface area contributed by atoms with Gasteiger partial charge < -0.3 is 24.8 Å². The van der Waals surface area contributed by atoms with Gasteiger partial charge in [-0.15, -0.1) is 0 Å². The molecular formula is C24H24N4O3S. The van der Waals surface area contributed by atoms with Crippen molar-refractivity contribution in [3.8, 4) is 5.75 Å². The summed E-state index contributed by atoms with van der Waals surface area (Å²) < 4.78 is 11.0. The minimum absolute atomic E-state index is 0.279. The first-order chi connectivity index (χ1) is 15.4. The fourth-order valence-electron chi connectivity index (χ4n) is 3.51. The fourth-order valence-corrected chi connectivity index (χ4v) is 3.77. The van der Waals surface area contributed by atoms with E-state index >= 15 is 0 Å². The van der Waals surface area contributed by atoms with Gasteiger partial charge in [0.2, 0.25) is 0 Å². The predicted octanol–water partition coefficient (Wildman–Crippen LogP) is 4.34. The molecule has 2 heterocycles. The third-order valence-electron chi connectivity index (χ3n) is 5.31. The van der Waals surface area contributed by atoms with Crippen LogP contribution in [0.4, 0.5) is 5.82 Å². The molecule has 4 rings (SSSR count). The van der Waals surface area contributed by atoms with Crippen molar-refractivity contribution in [2.45, 2.75) is 26.5 Å². The second-order valence-electron chi connectivity index (χ2n) is 7.56. The second-order valence-corrected chi connectivity index (χ2v) is 7.95. The molecule has 0 saturated heterocycles. The normalized spacial score (nSPS) is 16.0. The Bertz CT molecular complexity index is 1170. The molecule has 0 radical (unpaired) electrons. The van der Waals surface area contributed by atoms with Crippen LogP contribution in [0.1, 0.15) is 29.9 Å². The van der Waals surface area contributed by atoms with Crippen LogP contribution in [0.3, 0.4) is 0 Å². The average molecular weight is 449 g/mol. The first-order valence-corrected chi connectivity index (χ1v) is 10.6. The summed E-state index contributed by atoms with van der Waals surface area (Å²) in [6.45, 7) is 4.10. The zero-order valence-corrected chi connectivity index (χ0v) is 18.9. The van der Waals surface area contributed by atoms with Crippen molar-refractivity contribution in [2.75, 3.05) is 12.4 Å². The van der Waals surface area contributed by atoms with Crippen molar-refractivity contribution in [2.24, 2.45) is 0 Å². The van der Waals surface area contributed by atoms with Crippen LogP contribution in [0.15, 0.2) is 76.5 Å². The number of benzene rings is 2. The summed E-state index contributed by atoms with van der Waals surface area (Å²) in [5.74, 6) is 1.41. The molecule has 32 heavy (non-hydrogen) atoms. The molecule has 3 aromatic rings. The van der Waals surface area contributed by atoms with Gasteiger partial charge in [0.05, 0.1) is 11.6 Å². The van der Waals surface area contributed by atoms with E-state index in [-0.39, 0.29) is 5.91 Å². The molecule has 2 N–H and O–H groups in total. The van der Waals surface area contributed by atoms with Crippen LogP contribution in [0.2, 0.25) is 0 Å². The zero-order valence-electron chi connectivity index (χ0n) is 18.1. The summed E-state index contributed by atoms with van der Waals surface area (Å²) >= 11 is 5.49. The molecule has 0 spiro atoms. The Labute approximate surface area is 192 Å². The third kappa shape index (κ3) is 4.65. The molecule has 1 aliphatic heterocycles. The van der Waals surface area contributed by atoms with Crippen LogP contribution >= 0.6 is 12.2 Å². The van der Waals surface area contributed by atoms with Gasteiger partial charge in [-0.05, 0) is 49.3 Å². The zero-order chi connectivity index (χ0) is 22.7. The number of amides is 1. The number of ether oxygens (including phenoxy) is 1. The maximum Gasteiger partial charge on any atom is 0.257 e. The highest BCUT2D eigenvalue weighted by Crippen LogP contribution is 2.32. The molecule has 164 valence electrons. The number of thiocarbonyl (C=S) groups is 1. The maximum absolute atomic E-state index is 13.2. The summed E-state index contributed by atoms with van der Waals surface area (Å²) in [6, 6.07) is 18.9. The number of hydrogen-bond donors (Lipinski definition) is 2. The molecule has 1 aromatic heterocycles. The largest absolute Gasteiger partial charge is 0.489 e. The van der Waals surface area contributed by atoms with E-state index in [4.69, 9.17) is 21.5 Å². The summed E-state index contributed by atoms with van der Waals surface area (Å²) in [5, 5.41) is 10.5. The third-order valence-corrected chi connectivity index (χ3v) is 5.70. The second kappa shape index (κ2) is 9.23. The van der Waals surface area contributed by atoms with Crippen LogP contribution in [-0.4, -0.2) is 28.1 Å². The van der Waals surface area contributed by atoms with Crippen molar-refractivity contribution < 1.29 is 14.1 Å². The van der Waals surface area contributed by atoms with E-state index in [0.717, 1.165) is 16.8 Å². The van der Waals surface area contributed by atoms with E-state index < -0.39 is 6.04 Å². The smallest absolute Gasteiger partial charge is 0.257 e. The maximum atomic E-state index is 13.2. The Morgan fingerprint density at radius 3 is 2.69 bits per heavy atom. The van der Waals surface area contributed by atoms with Crippen LogP contribution in [0.5, 0.6) is 5.75 Å². The van der Waals surface area contributed by atoms with Crippen molar-refractivity contribution in [3.05, 3.63) is 88.8 Å². The molecule has 8 heteroatoms. The SMILES string of the molecule is CC1=C(C(=O)Nc2cc(C)on2)C(c2cccc(OCc3ccccc3)c2)NC(=S)N1C. The van der Waals surface area contributed by atoms with Crippen molar-refractivity contribution in [1.29, 1.82) is 0 Å². The lowest BCUT2D eigenvalue weighted by molar-refractivity contribution is -0.113. The van der Waals surface area contributed by atoms with Gasteiger partial charge in [0.1, 0.15) is 18.1 Å². The lowest BCUT2D eigenvalue weighted by Gasteiger charge is -2.35. The van der Waals surface area contributed by atoms with Gasteiger partial charge in [-0.25, -0.2) is 0 Å². The number of anilines is 1. The highest BCUT2D eigenvalue weighted by Gasteiger charge is 2.33. The van der Waals surface area contributed by atoms with Gasteiger partial charge in [0.25, 0.3) is 5.91 Å². The molecular weight excluding hydrogens is 424 g/mol. The predicted molar refractivity (Wildman–Crippen MR) is 126 cm³/mol.